The molecule has 100 valence electrons. The Bertz CT molecular complexity index is 222. The molecule has 0 aromatic carbocycles. The molecule has 1 aliphatic rings. The summed E-state index contributed by atoms with van der Waals surface area (Å²) in [5.74, 6) is 1.20. The summed E-state index contributed by atoms with van der Waals surface area (Å²) in [7, 11) is 0. The quantitative estimate of drug-likeness (QED) is 0.748. The summed E-state index contributed by atoms with van der Waals surface area (Å²) in [5.41, 5.74) is 0. The molecule has 1 aliphatic heterocycles. The van der Waals surface area contributed by atoms with Gasteiger partial charge in [-0.25, -0.2) is 0 Å². The van der Waals surface area contributed by atoms with Gasteiger partial charge in [0, 0.05) is 12.6 Å². The molecule has 3 nitrogen and oxygen atoms in total. The lowest BCUT2D eigenvalue weighted by Crippen LogP contribution is -2.43. The van der Waals surface area contributed by atoms with Gasteiger partial charge < -0.3 is 10.6 Å². The van der Waals surface area contributed by atoms with Crippen molar-refractivity contribution in [1.82, 2.24) is 10.6 Å². The minimum atomic E-state index is 0.191. The second kappa shape index (κ2) is 7.70. The van der Waals surface area contributed by atoms with Gasteiger partial charge in [0.1, 0.15) is 0 Å². The van der Waals surface area contributed by atoms with Crippen LogP contribution in [0.5, 0.6) is 0 Å². The van der Waals surface area contributed by atoms with Crippen molar-refractivity contribution in [2.24, 2.45) is 11.8 Å². The number of carbonyl (C=O) groups excluding carboxylic acids is 1. The zero-order valence-electron chi connectivity index (χ0n) is 11.6. The van der Waals surface area contributed by atoms with Crippen LogP contribution < -0.4 is 10.6 Å². The monoisotopic (exact) mass is 240 g/mol. The summed E-state index contributed by atoms with van der Waals surface area (Å²) in [6.45, 7) is 8.53. The molecule has 0 aromatic rings. The largest absolute Gasteiger partial charge is 0.353 e. The Labute approximate surface area is 106 Å². The minimum absolute atomic E-state index is 0.191. The summed E-state index contributed by atoms with van der Waals surface area (Å²) < 4.78 is 0. The highest BCUT2D eigenvalue weighted by Gasteiger charge is 2.21. The maximum atomic E-state index is 12.0. The predicted octanol–water partition coefficient (Wildman–Crippen LogP) is 2.32. The molecule has 1 unspecified atom stereocenters. The number of piperidine rings is 1. The first kappa shape index (κ1) is 14.5. The summed E-state index contributed by atoms with van der Waals surface area (Å²) >= 11 is 0. The molecule has 0 aliphatic carbocycles. The second-order valence-electron chi connectivity index (χ2n) is 5.78. The van der Waals surface area contributed by atoms with Crippen LogP contribution in [-0.4, -0.2) is 25.0 Å². The molecule has 2 atom stereocenters. The summed E-state index contributed by atoms with van der Waals surface area (Å²) in [5, 5.41) is 6.43. The van der Waals surface area contributed by atoms with Gasteiger partial charge in [0.05, 0.1) is 5.92 Å². The van der Waals surface area contributed by atoms with Gasteiger partial charge in [0.2, 0.25) is 5.91 Å². The Balaban J connectivity index is 2.15. The van der Waals surface area contributed by atoms with Crippen LogP contribution in [0.15, 0.2) is 0 Å². The van der Waals surface area contributed by atoms with Crippen LogP contribution in [0.3, 0.4) is 0 Å². The fourth-order valence-corrected chi connectivity index (χ4v) is 2.34. The topological polar surface area (TPSA) is 41.1 Å². The van der Waals surface area contributed by atoms with E-state index in [1.165, 1.54) is 12.8 Å². The lowest BCUT2D eigenvalue weighted by Gasteiger charge is -2.24. The van der Waals surface area contributed by atoms with Crippen LogP contribution in [0.25, 0.3) is 0 Å². The van der Waals surface area contributed by atoms with E-state index in [4.69, 9.17) is 0 Å². The fraction of sp³-hybridized carbons (Fsp3) is 0.929. The van der Waals surface area contributed by atoms with E-state index in [0.29, 0.717) is 6.04 Å². The molecule has 1 amide bonds. The Morgan fingerprint density at radius 2 is 2.12 bits per heavy atom. The SMILES string of the molecule is CC(C)CCCC(C)NC(=O)[C@H]1CCCNC1. The first-order chi connectivity index (χ1) is 8.09. The zero-order valence-corrected chi connectivity index (χ0v) is 11.6. The van der Waals surface area contributed by atoms with E-state index in [0.717, 1.165) is 38.3 Å². The minimum Gasteiger partial charge on any atom is -0.353 e. The van der Waals surface area contributed by atoms with Gasteiger partial charge in [-0.05, 0) is 38.6 Å². The van der Waals surface area contributed by atoms with Gasteiger partial charge in [-0.3, -0.25) is 4.79 Å². The summed E-state index contributed by atoms with van der Waals surface area (Å²) in [4.78, 5) is 12.0. The summed E-state index contributed by atoms with van der Waals surface area (Å²) in [6.07, 6.45) is 5.73. The number of nitrogens with one attached hydrogen (secondary N) is 2. The zero-order chi connectivity index (χ0) is 12.7. The standard InChI is InChI=1S/C14H28N2O/c1-11(2)6-4-7-12(3)16-14(17)13-8-5-9-15-10-13/h11-13,15H,4-10H2,1-3H3,(H,16,17)/t12?,13-/m0/s1. The van der Waals surface area contributed by atoms with Crippen molar-refractivity contribution in [3.05, 3.63) is 0 Å². The maximum Gasteiger partial charge on any atom is 0.224 e. The molecule has 3 heteroatoms. The Morgan fingerprint density at radius 3 is 2.71 bits per heavy atom. The van der Waals surface area contributed by atoms with Crippen LogP contribution in [0, 0.1) is 11.8 Å². The highest BCUT2D eigenvalue weighted by atomic mass is 16.1. The highest BCUT2D eigenvalue weighted by molar-refractivity contribution is 5.79. The van der Waals surface area contributed by atoms with Crippen LogP contribution in [-0.2, 0) is 4.79 Å². The molecule has 0 saturated carbocycles. The number of carbonyl (C=O) groups is 1. The van der Waals surface area contributed by atoms with Gasteiger partial charge in [-0.2, -0.15) is 0 Å². The number of hydrogen-bond acceptors (Lipinski definition) is 2. The van der Waals surface area contributed by atoms with Gasteiger partial charge in [-0.15, -0.1) is 0 Å². The number of amides is 1. The molecular formula is C14H28N2O. The molecule has 1 heterocycles. The van der Waals surface area contributed by atoms with Crippen molar-refractivity contribution in [3.8, 4) is 0 Å². The second-order valence-corrected chi connectivity index (χ2v) is 5.78. The Hall–Kier alpha value is -0.570. The fourth-order valence-electron chi connectivity index (χ4n) is 2.34. The van der Waals surface area contributed by atoms with E-state index in [1.54, 1.807) is 0 Å². The first-order valence-corrected chi connectivity index (χ1v) is 7.10. The molecule has 0 aromatic heterocycles. The average Bonchev–Trinajstić information content (AvgIpc) is 2.29. The van der Waals surface area contributed by atoms with Gasteiger partial charge in [0.25, 0.3) is 0 Å². The van der Waals surface area contributed by atoms with Crippen LogP contribution in [0.4, 0.5) is 0 Å². The average molecular weight is 240 g/mol. The molecule has 1 rings (SSSR count). The van der Waals surface area contributed by atoms with E-state index >= 15 is 0 Å². The third-order valence-electron chi connectivity index (χ3n) is 3.47. The van der Waals surface area contributed by atoms with Crippen LogP contribution >= 0.6 is 0 Å². The van der Waals surface area contributed by atoms with Crippen molar-refractivity contribution in [3.63, 3.8) is 0 Å². The predicted molar refractivity (Wildman–Crippen MR) is 71.9 cm³/mol. The lowest BCUT2D eigenvalue weighted by atomic mass is 9.98. The molecule has 1 saturated heterocycles. The van der Waals surface area contributed by atoms with E-state index < -0.39 is 0 Å². The van der Waals surface area contributed by atoms with E-state index in [9.17, 15) is 4.79 Å². The van der Waals surface area contributed by atoms with Gasteiger partial charge in [-0.1, -0.05) is 26.7 Å². The van der Waals surface area contributed by atoms with Crippen molar-refractivity contribution in [2.75, 3.05) is 13.1 Å². The van der Waals surface area contributed by atoms with E-state index in [2.05, 4.69) is 31.4 Å². The number of hydrogen-bond donors (Lipinski definition) is 2. The Morgan fingerprint density at radius 1 is 1.35 bits per heavy atom. The van der Waals surface area contributed by atoms with Crippen LogP contribution in [0.1, 0.15) is 52.9 Å². The van der Waals surface area contributed by atoms with Gasteiger partial charge >= 0.3 is 0 Å². The molecule has 17 heavy (non-hydrogen) atoms. The van der Waals surface area contributed by atoms with Crippen molar-refractivity contribution >= 4 is 5.91 Å². The molecular weight excluding hydrogens is 212 g/mol. The first-order valence-electron chi connectivity index (χ1n) is 7.10. The highest BCUT2D eigenvalue weighted by Crippen LogP contribution is 2.12. The molecule has 0 radical (unpaired) electrons. The molecule has 0 spiro atoms. The van der Waals surface area contributed by atoms with E-state index in [1.807, 2.05) is 0 Å². The number of rotatable bonds is 6. The maximum absolute atomic E-state index is 12.0. The normalized spacial score (nSPS) is 22.5. The smallest absolute Gasteiger partial charge is 0.224 e. The van der Waals surface area contributed by atoms with Crippen molar-refractivity contribution < 1.29 is 4.79 Å². The summed E-state index contributed by atoms with van der Waals surface area (Å²) in [6, 6.07) is 0.322. The third kappa shape index (κ3) is 6.06. The van der Waals surface area contributed by atoms with E-state index in [-0.39, 0.29) is 11.8 Å². The lowest BCUT2D eigenvalue weighted by molar-refractivity contribution is -0.126. The van der Waals surface area contributed by atoms with Crippen molar-refractivity contribution in [1.29, 1.82) is 0 Å². The molecule has 2 N–H and O–H groups in total. The van der Waals surface area contributed by atoms with Gasteiger partial charge in [0.15, 0.2) is 0 Å². The van der Waals surface area contributed by atoms with Crippen molar-refractivity contribution in [2.45, 2.75) is 58.9 Å². The Kier molecular flexibility index (Phi) is 6.56. The third-order valence-corrected chi connectivity index (χ3v) is 3.47. The molecule has 0 bridgehead atoms. The molecule has 1 fully saturated rings. The van der Waals surface area contributed by atoms with Crippen LogP contribution in [0.2, 0.25) is 0 Å².